The van der Waals surface area contributed by atoms with Gasteiger partial charge in [0.25, 0.3) is 9.84 Å². The fraction of sp³-hybridized carbons (Fsp3) is 0.233. The molecule has 5 heterocycles. The van der Waals surface area contributed by atoms with Crippen molar-refractivity contribution in [1.29, 1.82) is 0 Å². The Morgan fingerprint density at radius 1 is 0.742 bits per heavy atom. The molecule has 5 aromatic heterocycles. The van der Waals surface area contributed by atoms with Crippen molar-refractivity contribution in [3.05, 3.63) is 154 Å². The van der Waals surface area contributed by atoms with E-state index in [9.17, 15) is 26.0 Å². The van der Waals surface area contributed by atoms with Crippen molar-refractivity contribution in [1.82, 2.24) is 49.2 Å². The number of hydrogen-bond acceptors (Lipinski definition) is 10. The van der Waals surface area contributed by atoms with Crippen LogP contribution in [0.1, 0.15) is 73.4 Å². The van der Waals surface area contributed by atoms with E-state index >= 15 is 0 Å². The Bertz CT molecular complexity index is 3060. The van der Waals surface area contributed by atoms with Crippen LogP contribution in [0.15, 0.2) is 101 Å². The summed E-state index contributed by atoms with van der Waals surface area (Å²) in [5.74, 6) is -1.11. The quantitative estimate of drug-likeness (QED) is 0.0830. The lowest BCUT2D eigenvalue weighted by Gasteiger charge is -2.09. The first-order chi connectivity index (χ1) is 29.5. The zero-order valence-corrected chi connectivity index (χ0v) is 35.4. The molecule has 1 atom stereocenters. The SMILES string of the molecule is CC(C)c1nnc2ccc(-c3c(-c4ccc(F)cc4F)ncn3C)nn12.CN=Cc1ccc2nnc(C(C)C)n2n1.[C-]#[N+]C(c1ccc(F)cc1F)S(=O)(=O)c1ccc(C)cc1. The van der Waals surface area contributed by atoms with E-state index in [1.807, 2.05) is 26.0 Å². The molecule has 0 aliphatic rings. The standard InChI is InChI=1S/C18H16F2N6.C15H11F2NO2S.C10H13N5/c1-10(2)18-23-22-15-7-6-14(24-26(15)18)17-16(21-9-25(17)3)12-5-4-11(19)8-13(12)20;1-10-3-6-12(7-4-10)21(19,20)15(18-2)13-8-5-11(16)9-14(13)17;1-7(2)10-13-12-9-5-4-8(6-11-3)14-15(9)10/h4-10H,1-3H3;3-9,15H,1H3;4-7H,1-3H3. The van der Waals surface area contributed by atoms with Gasteiger partial charge >= 0.3 is 5.37 Å². The van der Waals surface area contributed by atoms with Crippen molar-refractivity contribution in [2.45, 2.75) is 56.7 Å². The third kappa shape index (κ3) is 9.39. The van der Waals surface area contributed by atoms with E-state index < -0.39 is 38.5 Å². The van der Waals surface area contributed by atoms with Gasteiger partial charge in [0.05, 0.1) is 22.5 Å². The van der Waals surface area contributed by atoms with Gasteiger partial charge in [-0.05, 0) is 67.6 Å². The predicted octanol–water partition coefficient (Wildman–Crippen LogP) is 8.55. The van der Waals surface area contributed by atoms with Crippen molar-refractivity contribution < 1.29 is 26.0 Å². The molecule has 318 valence electrons. The summed E-state index contributed by atoms with van der Waals surface area (Å²) in [5, 5.41) is 23.7. The number of nitrogens with zero attached hydrogens (tertiary/aromatic N) is 12. The molecule has 0 aliphatic heterocycles. The summed E-state index contributed by atoms with van der Waals surface area (Å²) in [7, 11) is -0.549. The van der Waals surface area contributed by atoms with Crippen molar-refractivity contribution in [2.75, 3.05) is 7.05 Å². The molecule has 0 amide bonds. The number of rotatable bonds is 8. The summed E-state index contributed by atoms with van der Waals surface area (Å²) < 4.78 is 84.3. The first-order valence-corrected chi connectivity index (χ1v) is 20.5. The van der Waals surface area contributed by atoms with Gasteiger partial charge in [0.1, 0.15) is 40.4 Å². The molecule has 62 heavy (non-hydrogen) atoms. The minimum absolute atomic E-state index is 0.0715. The van der Waals surface area contributed by atoms with Crippen LogP contribution in [0.4, 0.5) is 17.6 Å². The van der Waals surface area contributed by atoms with Crippen LogP contribution in [0.3, 0.4) is 0 Å². The van der Waals surface area contributed by atoms with Crippen LogP contribution in [0.2, 0.25) is 0 Å². The van der Waals surface area contributed by atoms with E-state index in [1.54, 1.807) is 71.4 Å². The zero-order chi connectivity index (χ0) is 44.9. The topological polar surface area (TPSA) is 155 Å². The molecule has 0 fully saturated rings. The molecule has 19 heteroatoms. The minimum atomic E-state index is -4.07. The summed E-state index contributed by atoms with van der Waals surface area (Å²) >= 11 is 0. The van der Waals surface area contributed by atoms with Gasteiger partial charge in [-0.2, -0.15) is 19.2 Å². The van der Waals surface area contributed by atoms with Crippen molar-refractivity contribution >= 4 is 27.3 Å². The van der Waals surface area contributed by atoms with Crippen LogP contribution < -0.4 is 0 Å². The molecule has 3 aromatic carbocycles. The molecule has 0 bridgehead atoms. The maximum absolute atomic E-state index is 14.3. The minimum Gasteiger partial charge on any atom is -0.332 e. The number of aromatic nitrogens is 10. The third-order valence-corrected chi connectivity index (χ3v) is 11.1. The van der Waals surface area contributed by atoms with Crippen molar-refractivity contribution in [3.63, 3.8) is 0 Å². The molecule has 0 aliphatic carbocycles. The van der Waals surface area contributed by atoms with Gasteiger partial charge in [-0.25, -0.2) is 37.5 Å². The Hall–Kier alpha value is -7.20. The molecule has 0 radical (unpaired) electrons. The zero-order valence-electron chi connectivity index (χ0n) is 34.6. The molecule has 8 rings (SSSR count). The lowest BCUT2D eigenvalue weighted by molar-refractivity contribution is 0.563. The van der Waals surface area contributed by atoms with Gasteiger partial charge < -0.3 is 4.57 Å². The molecule has 0 saturated heterocycles. The molecule has 14 nitrogen and oxygen atoms in total. The van der Waals surface area contributed by atoms with E-state index in [4.69, 9.17) is 6.57 Å². The summed E-state index contributed by atoms with van der Waals surface area (Å²) in [6.07, 6.45) is 3.29. The fourth-order valence-corrected chi connectivity index (χ4v) is 7.59. The predicted molar refractivity (Wildman–Crippen MR) is 225 cm³/mol. The van der Waals surface area contributed by atoms with Gasteiger partial charge in [-0.1, -0.05) is 45.4 Å². The second kappa shape index (κ2) is 18.6. The van der Waals surface area contributed by atoms with Gasteiger partial charge in [0, 0.05) is 49.8 Å². The van der Waals surface area contributed by atoms with Gasteiger partial charge in [-0.3, -0.25) is 9.84 Å². The maximum Gasteiger partial charge on any atom is 0.353 e. The van der Waals surface area contributed by atoms with Crippen LogP contribution in [-0.4, -0.2) is 70.9 Å². The molecule has 0 spiro atoms. The average molecular weight is 865 g/mol. The van der Waals surface area contributed by atoms with Crippen LogP contribution in [0.5, 0.6) is 0 Å². The Kier molecular flexibility index (Phi) is 13.3. The smallest absolute Gasteiger partial charge is 0.332 e. The highest BCUT2D eigenvalue weighted by molar-refractivity contribution is 7.91. The molecule has 8 aromatic rings. The highest BCUT2D eigenvalue weighted by atomic mass is 32.2. The summed E-state index contributed by atoms with van der Waals surface area (Å²) in [5.41, 5.74) is 4.56. The molecule has 0 saturated carbocycles. The monoisotopic (exact) mass is 864 g/mol. The third-order valence-electron chi connectivity index (χ3n) is 9.24. The second-order valence-electron chi connectivity index (χ2n) is 14.5. The lowest BCUT2D eigenvalue weighted by atomic mass is 10.1. The largest absolute Gasteiger partial charge is 0.353 e. The average Bonchev–Trinajstić information content (AvgIpc) is 3.96. The molecule has 1 unspecified atom stereocenters. The number of benzene rings is 3. The van der Waals surface area contributed by atoms with Crippen LogP contribution in [0, 0.1) is 36.8 Å². The Morgan fingerprint density at radius 2 is 1.32 bits per heavy atom. The number of halogens is 4. The van der Waals surface area contributed by atoms with Gasteiger partial charge in [0.2, 0.25) is 0 Å². The first kappa shape index (κ1) is 44.4. The van der Waals surface area contributed by atoms with Gasteiger partial charge in [0.15, 0.2) is 22.9 Å². The Balaban J connectivity index is 0.000000161. The van der Waals surface area contributed by atoms with E-state index in [1.165, 1.54) is 24.3 Å². The maximum atomic E-state index is 14.3. The summed E-state index contributed by atoms with van der Waals surface area (Å²) in [6, 6.07) is 19.2. The number of fused-ring (bicyclic) bond motifs is 2. The Morgan fingerprint density at radius 3 is 1.89 bits per heavy atom. The molecule has 0 N–H and O–H groups in total. The second-order valence-corrected chi connectivity index (χ2v) is 16.5. The number of aryl methyl sites for hydroxylation is 2. The van der Waals surface area contributed by atoms with E-state index in [0.717, 1.165) is 46.8 Å². The number of imidazole rings is 1. The van der Waals surface area contributed by atoms with E-state index in [-0.39, 0.29) is 21.9 Å². The normalized spacial score (nSPS) is 12.1. The molecular formula is C43H40F4N12O2S. The number of hydrogen-bond donors (Lipinski definition) is 0. The highest BCUT2D eigenvalue weighted by Gasteiger charge is 2.36. The van der Waals surface area contributed by atoms with Gasteiger partial charge in [-0.15, -0.1) is 20.4 Å². The van der Waals surface area contributed by atoms with Crippen LogP contribution in [0.25, 0.3) is 38.8 Å². The first-order valence-electron chi connectivity index (χ1n) is 19.0. The van der Waals surface area contributed by atoms with E-state index in [0.29, 0.717) is 34.7 Å². The van der Waals surface area contributed by atoms with Crippen molar-refractivity contribution in [2.24, 2.45) is 12.0 Å². The summed E-state index contributed by atoms with van der Waals surface area (Å²) in [4.78, 5) is 11.2. The van der Waals surface area contributed by atoms with E-state index in [2.05, 4.69) is 59.3 Å². The number of sulfone groups is 1. The Labute approximate surface area is 354 Å². The fourth-order valence-electron chi connectivity index (χ4n) is 6.15. The highest BCUT2D eigenvalue weighted by Crippen LogP contribution is 2.33. The molecular weight excluding hydrogens is 825 g/mol. The number of aliphatic imine (C=N–C) groups is 1. The van der Waals surface area contributed by atoms with Crippen molar-refractivity contribution in [3.8, 4) is 22.6 Å². The summed E-state index contributed by atoms with van der Waals surface area (Å²) in [6.45, 7) is 17.0. The lowest BCUT2D eigenvalue weighted by Crippen LogP contribution is -2.12. The van der Waals surface area contributed by atoms with Crippen LogP contribution >= 0.6 is 0 Å². The van der Waals surface area contributed by atoms with Crippen LogP contribution in [-0.2, 0) is 16.9 Å².